The molecule has 0 atom stereocenters. The van der Waals surface area contributed by atoms with Crippen LogP contribution in [0.25, 0.3) is 11.1 Å². The van der Waals surface area contributed by atoms with Crippen LogP contribution in [-0.2, 0) is 0 Å². The van der Waals surface area contributed by atoms with Gasteiger partial charge in [-0.15, -0.1) is 0 Å². The van der Waals surface area contributed by atoms with Crippen molar-refractivity contribution in [3.8, 4) is 16.9 Å². The molecule has 2 aromatic rings. The van der Waals surface area contributed by atoms with Crippen LogP contribution in [0.15, 0.2) is 22.9 Å². The number of ether oxygens (including phenoxy) is 1. The maximum Gasteiger partial charge on any atom is 0.337 e. The van der Waals surface area contributed by atoms with Gasteiger partial charge in [0.25, 0.3) is 0 Å². The number of methoxy groups -OCH3 is 1. The van der Waals surface area contributed by atoms with Crippen molar-refractivity contribution in [2.45, 2.75) is 13.8 Å². The predicted molar refractivity (Wildman–Crippen MR) is 72.7 cm³/mol. The molecule has 0 bridgehead atoms. The minimum absolute atomic E-state index is 0.321. The van der Waals surface area contributed by atoms with Gasteiger partial charge in [0.2, 0.25) is 0 Å². The molecule has 1 heterocycles. The van der Waals surface area contributed by atoms with Crippen LogP contribution in [-0.4, -0.2) is 18.2 Å². The van der Waals surface area contributed by atoms with Crippen LogP contribution >= 0.6 is 11.3 Å². The standard InChI is InChI=1S/C14H14O3S/c1-8-4-10(13(17-3)5-9(8)2)11-6-18-7-12(11)14(15)16/h4-7H,1-3H3,(H,15,16). The van der Waals surface area contributed by atoms with Crippen LogP contribution in [0, 0.1) is 13.8 Å². The summed E-state index contributed by atoms with van der Waals surface area (Å²) in [5.74, 6) is -0.203. The minimum atomic E-state index is -0.911. The van der Waals surface area contributed by atoms with E-state index in [4.69, 9.17) is 9.84 Å². The molecular formula is C14H14O3S. The van der Waals surface area contributed by atoms with Crippen molar-refractivity contribution in [3.05, 3.63) is 39.6 Å². The Morgan fingerprint density at radius 1 is 1.17 bits per heavy atom. The number of hydrogen-bond donors (Lipinski definition) is 1. The van der Waals surface area contributed by atoms with Crippen LogP contribution < -0.4 is 4.74 Å². The molecular weight excluding hydrogens is 248 g/mol. The Morgan fingerprint density at radius 2 is 1.83 bits per heavy atom. The normalized spacial score (nSPS) is 10.4. The summed E-state index contributed by atoms with van der Waals surface area (Å²) in [6.07, 6.45) is 0. The van der Waals surface area contributed by atoms with E-state index >= 15 is 0 Å². The van der Waals surface area contributed by atoms with Gasteiger partial charge in [0.15, 0.2) is 0 Å². The van der Waals surface area contributed by atoms with Crippen molar-refractivity contribution in [1.82, 2.24) is 0 Å². The summed E-state index contributed by atoms with van der Waals surface area (Å²) in [6.45, 7) is 4.01. The number of aromatic carboxylic acids is 1. The number of carboxylic acid groups (broad SMARTS) is 1. The number of hydrogen-bond acceptors (Lipinski definition) is 3. The summed E-state index contributed by atoms with van der Waals surface area (Å²) in [6, 6.07) is 3.91. The Hall–Kier alpha value is -1.81. The first kappa shape index (κ1) is 12.6. The van der Waals surface area contributed by atoms with E-state index in [-0.39, 0.29) is 0 Å². The molecule has 94 valence electrons. The first-order valence-electron chi connectivity index (χ1n) is 5.49. The summed E-state index contributed by atoms with van der Waals surface area (Å²) >= 11 is 1.38. The van der Waals surface area contributed by atoms with Crippen LogP contribution in [0.3, 0.4) is 0 Å². The maximum absolute atomic E-state index is 11.2. The first-order valence-corrected chi connectivity index (χ1v) is 6.44. The maximum atomic E-state index is 11.2. The Labute approximate surface area is 110 Å². The van der Waals surface area contributed by atoms with E-state index in [0.29, 0.717) is 16.9 Å². The summed E-state index contributed by atoms with van der Waals surface area (Å²) in [4.78, 5) is 11.2. The number of rotatable bonds is 3. The van der Waals surface area contributed by atoms with Crippen molar-refractivity contribution in [3.63, 3.8) is 0 Å². The molecule has 3 nitrogen and oxygen atoms in total. The summed E-state index contributed by atoms with van der Waals surface area (Å²) in [5, 5.41) is 12.7. The average Bonchev–Trinajstić information content (AvgIpc) is 2.81. The smallest absolute Gasteiger partial charge is 0.337 e. The summed E-state index contributed by atoms with van der Waals surface area (Å²) < 4.78 is 5.35. The predicted octanol–water partition coefficient (Wildman–Crippen LogP) is 3.74. The Morgan fingerprint density at radius 3 is 2.44 bits per heavy atom. The molecule has 1 aromatic heterocycles. The Bertz CT molecular complexity index is 599. The zero-order valence-electron chi connectivity index (χ0n) is 10.5. The molecule has 0 aliphatic carbocycles. The highest BCUT2D eigenvalue weighted by Crippen LogP contribution is 2.36. The zero-order chi connectivity index (χ0) is 13.3. The Balaban J connectivity index is 2.66. The highest BCUT2D eigenvalue weighted by molar-refractivity contribution is 7.08. The van der Waals surface area contributed by atoms with E-state index in [1.54, 1.807) is 12.5 Å². The Kier molecular flexibility index (Phi) is 3.39. The van der Waals surface area contributed by atoms with E-state index in [0.717, 1.165) is 16.7 Å². The number of carbonyl (C=O) groups is 1. The average molecular weight is 262 g/mol. The van der Waals surface area contributed by atoms with Crippen LogP contribution in [0.1, 0.15) is 21.5 Å². The number of aryl methyl sites for hydroxylation is 2. The van der Waals surface area contributed by atoms with Crippen molar-refractivity contribution in [1.29, 1.82) is 0 Å². The monoisotopic (exact) mass is 262 g/mol. The van der Waals surface area contributed by atoms with Gasteiger partial charge in [0, 0.05) is 16.5 Å². The second-order valence-electron chi connectivity index (χ2n) is 4.14. The molecule has 1 N–H and O–H groups in total. The molecule has 18 heavy (non-hydrogen) atoms. The van der Waals surface area contributed by atoms with Crippen molar-refractivity contribution in [2.24, 2.45) is 0 Å². The van der Waals surface area contributed by atoms with Crippen molar-refractivity contribution in [2.75, 3.05) is 7.11 Å². The lowest BCUT2D eigenvalue weighted by molar-refractivity contribution is 0.0698. The lowest BCUT2D eigenvalue weighted by Gasteiger charge is -2.11. The van der Waals surface area contributed by atoms with Crippen LogP contribution in [0.2, 0.25) is 0 Å². The van der Waals surface area contributed by atoms with E-state index in [1.807, 2.05) is 31.4 Å². The van der Waals surface area contributed by atoms with Gasteiger partial charge >= 0.3 is 5.97 Å². The molecule has 0 spiro atoms. The van der Waals surface area contributed by atoms with Gasteiger partial charge in [-0.1, -0.05) is 0 Å². The molecule has 0 unspecified atom stereocenters. The second-order valence-corrected chi connectivity index (χ2v) is 4.88. The molecule has 0 saturated heterocycles. The molecule has 1 aromatic carbocycles. The van der Waals surface area contributed by atoms with Crippen molar-refractivity contribution < 1.29 is 14.6 Å². The third-order valence-corrected chi connectivity index (χ3v) is 3.74. The fraction of sp³-hybridized carbons (Fsp3) is 0.214. The van der Waals surface area contributed by atoms with E-state index in [9.17, 15) is 4.79 Å². The van der Waals surface area contributed by atoms with E-state index < -0.39 is 5.97 Å². The molecule has 0 amide bonds. The van der Waals surface area contributed by atoms with E-state index in [2.05, 4.69) is 0 Å². The van der Waals surface area contributed by atoms with Gasteiger partial charge in [-0.2, -0.15) is 11.3 Å². The molecule has 0 saturated carbocycles. The quantitative estimate of drug-likeness (QED) is 0.916. The van der Waals surface area contributed by atoms with Gasteiger partial charge in [-0.3, -0.25) is 0 Å². The number of thiophene rings is 1. The molecule has 4 heteroatoms. The molecule has 0 aliphatic heterocycles. The van der Waals surface area contributed by atoms with Crippen molar-refractivity contribution >= 4 is 17.3 Å². The SMILES string of the molecule is COc1cc(C)c(C)cc1-c1cscc1C(=O)O. The van der Waals surface area contributed by atoms with Gasteiger partial charge in [-0.25, -0.2) is 4.79 Å². The largest absolute Gasteiger partial charge is 0.496 e. The molecule has 0 fully saturated rings. The lowest BCUT2D eigenvalue weighted by atomic mass is 9.98. The summed E-state index contributed by atoms with van der Waals surface area (Å²) in [5.41, 5.74) is 4.12. The van der Waals surface area contributed by atoms with Gasteiger partial charge in [-0.05, 0) is 42.5 Å². The third-order valence-electron chi connectivity index (χ3n) is 3.00. The van der Waals surface area contributed by atoms with Gasteiger partial charge in [0.05, 0.1) is 12.7 Å². The highest BCUT2D eigenvalue weighted by Gasteiger charge is 2.16. The zero-order valence-corrected chi connectivity index (χ0v) is 11.3. The van der Waals surface area contributed by atoms with E-state index in [1.165, 1.54) is 11.3 Å². The number of benzene rings is 1. The minimum Gasteiger partial charge on any atom is -0.496 e. The summed E-state index contributed by atoms with van der Waals surface area (Å²) in [7, 11) is 1.60. The fourth-order valence-corrected chi connectivity index (χ4v) is 2.66. The second kappa shape index (κ2) is 4.82. The van der Waals surface area contributed by atoms with Crippen LogP contribution in [0.4, 0.5) is 0 Å². The molecule has 0 aliphatic rings. The number of carboxylic acids is 1. The van der Waals surface area contributed by atoms with Gasteiger partial charge in [0.1, 0.15) is 5.75 Å². The lowest BCUT2D eigenvalue weighted by Crippen LogP contribution is -1.98. The molecule has 2 rings (SSSR count). The highest BCUT2D eigenvalue weighted by atomic mass is 32.1. The van der Waals surface area contributed by atoms with Crippen LogP contribution in [0.5, 0.6) is 5.75 Å². The topological polar surface area (TPSA) is 46.5 Å². The molecule has 0 radical (unpaired) electrons. The third kappa shape index (κ3) is 2.11. The fourth-order valence-electron chi connectivity index (χ4n) is 1.84. The first-order chi connectivity index (χ1) is 8.54. The van der Waals surface area contributed by atoms with Gasteiger partial charge < -0.3 is 9.84 Å².